The van der Waals surface area contributed by atoms with Crippen molar-refractivity contribution in [1.82, 2.24) is 0 Å². The lowest BCUT2D eigenvalue weighted by Crippen LogP contribution is -2.27. The first-order valence-corrected chi connectivity index (χ1v) is 7.20. The number of alkyl halides is 1. The molecular formula is C13H19BrN2O2. The zero-order valence-electron chi connectivity index (χ0n) is 11.0. The van der Waals surface area contributed by atoms with Gasteiger partial charge in [-0.15, -0.1) is 0 Å². The molecule has 0 aliphatic carbocycles. The highest BCUT2D eigenvalue weighted by atomic mass is 79.9. The number of nitro benzene ring substituents is 1. The second kappa shape index (κ2) is 6.73. The maximum absolute atomic E-state index is 10.9. The molecule has 0 N–H and O–H groups in total. The van der Waals surface area contributed by atoms with E-state index in [1.807, 2.05) is 12.1 Å². The molecule has 0 heterocycles. The van der Waals surface area contributed by atoms with Crippen LogP contribution in [0.4, 0.5) is 11.4 Å². The molecule has 1 rings (SSSR count). The summed E-state index contributed by atoms with van der Waals surface area (Å²) in [5, 5.41) is 11.4. The van der Waals surface area contributed by atoms with Crippen LogP contribution in [-0.2, 0) is 5.33 Å². The monoisotopic (exact) mass is 314 g/mol. The van der Waals surface area contributed by atoms with E-state index in [0.717, 1.165) is 24.3 Å². The van der Waals surface area contributed by atoms with Crippen LogP contribution in [0.3, 0.4) is 0 Å². The molecule has 0 spiro atoms. The van der Waals surface area contributed by atoms with E-state index >= 15 is 0 Å². The van der Waals surface area contributed by atoms with Gasteiger partial charge < -0.3 is 4.90 Å². The molecule has 0 amide bonds. The van der Waals surface area contributed by atoms with Gasteiger partial charge in [-0.25, -0.2) is 0 Å². The molecule has 0 aromatic heterocycles. The minimum Gasteiger partial charge on any atom is -0.372 e. The van der Waals surface area contributed by atoms with E-state index in [0.29, 0.717) is 11.2 Å². The van der Waals surface area contributed by atoms with Crippen molar-refractivity contribution in [3.63, 3.8) is 0 Å². The Kier molecular flexibility index (Phi) is 5.59. The van der Waals surface area contributed by atoms with Crippen LogP contribution in [0.5, 0.6) is 0 Å². The molecule has 0 bridgehead atoms. The SMILES string of the molecule is CCN(CC(C)C)c1ccc([N+](=O)[O-])c(CBr)c1. The maximum atomic E-state index is 10.9. The van der Waals surface area contributed by atoms with E-state index in [9.17, 15) is 10.1 Å². The molecule has 1 aromatic carbocycles. The van der Waals surface area contributed by atoms with E-state index in [1.54, 1.807) is 6.07 Å². The summed E-state index contributed by atoms with van der Waals surface area (Å²) in [6, 6.07) is 5.32. The predicted molar refractivity (Wildman–Crippen MR) is 78.5 cm³/mol. The Morgan fingerprint density at radius 2 is 2.11 bits per heavy atom. The van der Waals surface area contributed by atoms with Crippen molar-refractivity contribution in [2.24, 2.45) is 5.92 Å². The lowest BCUT2D eigenvalue weighted by Gasteiger charge is -2.25. The lowest BCUT2D eigenvalue weighted by molar-refractivity contribution is -0.385. The highest BCUT2D eigenvalue weighted by molar-refractivity contribution is 9.08. The fourth-order valence-corrected chi connectivity index (χ4v) is 2.36. The fraction of sp³-hybridized carbons (Fsp3) is 0.538. The molecule has 5 heteroatoms. The van der Waals surface area contributed by atoms with E-state index in [1.165, 1.54) is 0 Å². The minimum absolute atomic E-state index is 0.177. The van der Waals surface area contributed by atoms with Gasteiger partial charge in [-0.05, 0) is 25.0 Å². The van der Waals surface area contributed by atoms with Crippen LogP contribution in [-0.4, -0.2) is 18.0 Å². The van der Waals surface area contributed by atoms with Gasteiger partial charge in [0.2, 0.25) is 0 Å². The Labute approximate surface area is 116 Å². The van der Waals surface area contributed by atoms with Gasteiger partial charge in [-0.3, -0.25) is 10.1 Å². The van der Waals surface area contributed by atoms with Crippen LogP contribution in [0.15, 0.2) is 18.2 Å². The molecular weight excluding hydrogens is 296 g/mol. The second-order valence-electron chi connectivity index (χ2n) is 4.64. The van der Waals surface area contributed by atoms with Gasteiger partial charge in [-0.1, -0.05) is 29.8 Å². The summed E-state index contributed by atoms with van der Waals surface area (Å²) in [7, 11) is 0. The molecule has 0 saturated heterocycles. The lowest BCUT2D eigenvalue weighted by atomic mass is 10.1. The Morgan fingerprint density at radius 3 is 2.56 bits per heavy atom. The molecule has 1 aromatic rings. The molecule has 4 nitrogen and oxygen atoms in total. The van der Waals surface area contributed by atoms with Crippen molar-refractivity contribution in [1.29, 1.82) is 0 Å². The minimum atomic E-state index is -0.334. The summed E-state index contributed by atoms with van der Waals surface area (Å²) in [6.45, 7) is 8.28. The van der Waals surface area contributed by atoms with Gasteiger partial charge in [-0.2, -0.15) is 0 Å². The fourth-order valence-electron chi connectivity index (χ4n) is 1.91. The van der Waals surface area contributed by atoms with Crippen molar-refractivity contribution in [2.75, 3.05) is 18.0 Å². The average molecular weight is 315 g/mol. The van der Waals surface area contributed by atoms with Crippen LogP contribution < -0.4 is 4.90 Å². The smallest absolute Gasteiger partial charge is 0.273 e. The molecule has 0 unspecified atom stereocenters. The average Bonchev–Trinajstić information content (AvgIpc) is 2.34. The molecule has 18 heavy (non-hydrogen) atoms. The molecule has 0 aliphatic rings. The summed E-state index contributed by atoms with van der Waals surface area (Å²) < 4.78 is 0. The third-order valence-corrected chi connectivity index (χ3v) is 3.34. The largest absolute Gasteiger partial charge is 0.372 e. The first kappa shape index (κ1) is 15.0. The van der Waals surface area contributed by atoms with Gasteiger partial charge >= 0.3 is 0 Å². The van der Waals surface area contributed by atoms with E-state index < -0.39 is 0 Å². The topological polar surface area (TPSA) is 46.4 Å². The van der Waals surface area contributed by atoms with Gasteiger partial charge in [0.25, 0.3) is 5.69 Å². The number of halogens is 1. The van der Waals surface area contributed by atoms with Crippen molar-refractivity contribution >= 4 is 27.3 Å². The normalized spacial score (nSPS) is 10.7. The molecule has 0 atom stereocenters. The zero-order valence-corrected chi connectivity index (χ0v) is 12.6. The maximum Gasteiger partial charge on any atom is 0.273 e. The van der Waals surface area contributed by atoms with Gasteiger partial charge in [0.05, 0.1) is 4.92 Å². The number of nitro groups is 1. The highest BCUT2D eigenvalue weighted by Crippen LogP contribution is 2.27. The van der Waals surface area contributed by atoms with Crippen molar-refractivity contribution < 1.29 is 4.92 Å². The third-order valence-electron chi connectivity index (χ3n) is 2.74. The molecule has 0 fully saturated rings. The molecule has 100 valence electrons. The summed E-state index contributed by atoms with van der Waals surface area (Å²) in [4.78, 5) is 12.8. The quantitative estimate of drug-likeness (QED) is 0.453. The van der Waals surface area contributed by atoms with E-state index in [4.69, 9.17) is 0 Å². The van der Waals surface area contributed by atoms with Crippen LogP contribution in [0.25, 0.3) is 0 Å². The van der Waals surface area contributed by atoms with E-state index in [-0.39, 0.29) is 10.6 Å². The first-order chi connectivity index (χ1) is 8.49. The van der Waals surface area contributed by atoms with Gasteiger partial charge in [0.15, 0.2) is 0 Å². The van der Waals surface area contributed by atoms with Crippen LogP contribution in [0, 0.1) is 16.0 Å². The Balaban J connectivity index is 3.06. The Bertz CT molecular complexity index is 421. The highest BCUT2D eigenvalue weighted by Gasteiger charge is 2.15. The van der Waals surface area contributed by atoms with Crippen LogP contribution in [0.2, 0.25) is 0 Å². The number of benzene rings is 1. The predicted octanol–water partition coefficient (Wildman–Crippen LogP) is 3.97. The standard InChI is InChI=1S/C13H19BrN2O2/c1-4-15(9-10(2)3)12-5-6-13(16(17)18)11(7-12)8-14/h5-7,10H,4,8-9H2,1-3H3. The van der Waals surface area contributed by atoms with Crippen LogP contribution in [0.1, 0.15) is 26.3 Å². The zero-order chi connectivity index (χ0) is 13.7. The number of anilines is 1. The summed E-state index contributed by atoms with van der Waals surface area (Å²) >= 11 is 3.31. The third kappa shape index (κ3) is 3.70. The summed E-state index contributed by atoms with van der Waals surface area (Å²) in [5.74, 6) is 0.563. The number of hydrogen-bond acceptors (Lipinski definition) is 3. The van der Waals surface area contributed by atoms with Crippen molar-refractivity contribution in [3.8, 4) is 0 Å². The summed E-state index contributed by atoms with van der Waals surface area (Å²) in [6.07, 6.45) is 0. The molecule has 0 radical (unpaired) electrons. The molecule has 0 aliphatic heterocycles. The van der Waals surface area contributed by atoms with Crippen molar-refractivity contribution in [2.45, 2.75) is 26.1 Å². The first-order valence-electron chi connectivity index (χ1n) is 6.07. The van der Waals surface area contributed by atoms with Gasteiger partial charge in [0, 0.05) is 35.7 Å². The van der Waals surface area contributed by atoms with E-state index in [2.05, 4.69) is 41.6 Å². The van der Waals surface area contributed by atoms with Crippen LogP contribution >= 0.6 is 15.9 Å². The number of hydrogen-bond donors (Lipinski definition) is 0. The Hall–Kier alpha value is -1.10. The number of nitrogens with zero attached hydrogens (tertiary/aromatic N) is 2. The summed E-state index contributed by atoms with van der Waals surface area (Å²) in [5.41, 5.74) is 1.95. The van der Waals surface area contributed by atoms with Gasteiger partial charge in [0.1, 0.15) is 0 Å². The second-order valence-corrected chi connectivity index (χ2v) is 5.20. The molecule has 0 saturated carbocycles. The van der Waals surface area contributed by atoms with Crippen molar-refractivity contribution in [3.05, 3.63) is 33.9 Å². The Morgan fingerprint density at radius 1 is 1.44 bits per heavy atom. The number of rotatable bonds is 6.